The molecule has 5 heteroatoms. The molecule has 0 fully saturated rings. The number of benzene rings is 1. The quantitative estimate of drug-likeness (QED) is 0.834. The number of ketones is 1. The second-order valence-electron chi connectivity index (χ2n) is 5.13. The fraction of sp³-hybridized carbons (Fsp3) is 0.250. The summed E-state index contributed by atoms with van der Waals surface area (Å²) >= 11 is 3.30. The lowest BCUT2D eigenvalue weighted by Crippen LogP contribution is -2.28. The summed E-state index contributed by atoms with van der Waals surface area (Å²) < 4.78 is 16.2. The Hall–Kier alpha value is -1.75. The summed E-state index contributed by atoms with van der Waals surface area (Å²) in [5.41, 5.74) is 1.54. The van der Waals surface area contributed by atoms with Crippen molar-refractivity contribution in [2.45, 2.75) is 25.8 Å². The van der Waals surface area contributed by atoms with Gasteiger partial charge in [-0.25, -0.2) is 4.39 Å². The van der Waals surface area contributed by atoms with Crippen LogP contribution in [0.25, 0.3) is 0 Å². The van der Waals surface area contributed by atoms with E-state index in [1.807, 2.05) is 0 Å². The van der Waals surface area contributed by atoms with E-state index in [4.69, 9.17) is 0 Å². The van der Waals surface area contributed by atoms with Crippen LogP contribution in [0.1, 0.15) is 34.5 Å². The first-order chi connectivity index (χ1) is 10.1. The summed E-state index contributed by atoms with van der Waals surface area (Å²) in [5, 5.41) is 0. The summed E-state index contributed by atoms with van der Waals surface area (Å²) in [6.45, 7) is 0.139. The van der Waals surface area contributed by atoms with Crippen LogP contribution in [0.15, 0.2) is 39.6 Å². The van der Waals surface area contributed by atoms with Gasteiger partial charge in [0.15, 0.2) is 5.78 Å². The maximum absolute atomic E-state index is 13.9. The third-order valence-corrected chi connectivity index (χ3v) is 4.24. The molecule has 0 saturated heterocycles. The zero-order chi connectivity index (χ0) is 15.0. The molecule has 1 aliphatic carbocycles. The van der Waals surface area contributed by atoms with Crippen molar-refractivity contribution in [3.05, 3.63) is 67.8 Å². The number of rotatable bonds is 2. The van der Waals surface area contributed by atoms with E-state index in [2.05, 4.69) is 15.9 Å². The van der Waals surface area contributed by atoms with Crippen molar-refractivity contribution in [3.63, 3.8) is 0 Å². The lowest BCUT2D eigenvalue weighted by Gasteiger charge is -2.20. The van der Waals surface area contributed by atoms with Crippen molar-refractivity contribution in [3.8, 4) is 0 Å². The highest BCUT2D eigenvalue weighted by Crippen LogP contribution is 2.22. The first kappa shape index (κ1) is 14.2. The third kappa shape index (κ3) is 2.70. The van der Waals surface area contributed by atoms with E-state index in [1.54, 1.807) is 18.2 Å². The Labute approximate surface area is 129 Å². The van der Waals surface area contributed by atoms with Crippen LogP contribution in [0.2, 0.25) is 0 Å². The van der Waals surface area contributed by atoms with Crippen LogP contribution in [0.4, 0.5) is 4.39 Å². The van der Waals surface area contributed by atoms with E-state index in [1.165, 1.54) is 16.7 Å². The number of carbonyl (C=O) groups is 1. The molecule has 1 aliphatic rings. The van der Waals surface area contributed by atoms with Crippen LogP contribution in [0.3, 0.4) is 0 Å². The minimum absolute atomic E-state index is 0.0553. The van der Waals surface area contributed by atoms with E-state index in [9.17, 15) is 14.0 Å². The molecule has 21 heavy (non-hydrogen) atoms. The minimum Gasteiger partial charge on any atom is -0.307 e. The SMILES string of the molecule is O=C1CCCc2c1ccc(=O)n2Cc1cc(Br)ccc1F. The fourth-order valence-electron chi connectivity index (χ4n) is 2.70. The lowest BCUT2D eigenvalue weighted by atomic mass is 9.94. The Bertz CT molecular complexity index is 782. The van der Waals surface area contributed by atoms with Crippen LogP contribution >= 0.6 is 15.9 Å². The van der Waals surface area contributed by atoms with Gasteiger partial charge >= 0.3 is 0 Å². The molecule has 0 spiro atoms. The maximum Gasteiger partial charge on any atom is 0.251 e. The molecule has 1 aromatic carbocycles. The van der Waals surface area contributed by atoms with Gasteiger partial charge in [-0.3, -0.25) is 9.59 Å². The molecule has 2 aromatic rings. The van der Waals surface area contributed by atoms with Gasteiger partial charge in [-0.15, -0.1) is 0 Å². The average Bonchev–Trinajstić information content (AvgIpc) is 2.46. The molecule has 0 N–H and O–H groups in total. The number of nitrogens with zero attached hydrogens (tertiary/aromatic N) is 1. The van der Waals surface area contributed by atoms with Crippen molar-refractivity contribution in [1.29, 1.82) is 0 Å². The number of halogens is 2. The number of hydrogen-bond donors (Lipinski definition) is 0. The molecule has 3 nitrogen and oxygen atoms in total. The van der Waals surface area contributed by atoms with Gasteiger partial charge in [0.2, 0.25) is 0 Å². The molecule has 3 rings (SSSR count). The Morgan fingerprint density at radius 1 is 1.14 bits per heavy atom. The Morgan fingerprint density at radius 3 is 2.76 bits per heavy atom. The normalized spacial score (nSPS) is 14.1. The molecular weight excluding hydrogens is 337 g/mol. The van der Waals surface area contributed by atoms with Gasteiger partial charge in [-0.2, -0.15) is 0 Å². The highest BCUT2D eigenvalue weighted by Gasteiger charge is 2.21. The first-order valence-corrected chi connectivity index (χ1v) is 7.55. The molecule has 0 radical (unpaired) electrons. The van der Waals surface area contributed by atoms with E-state index in [-0.39, 0.29) is 23.7 Å². The topological polar surface area (TPSA) is 39.1 Å². The number of hydrogen-bond acceptors (Lipinski definition) is 2. The van der Waals surface area contributed by atoms with E-state index in [0.29, 0.717) is 24.0 Å². The minimum atomic E-state index is -0.357. The molecule has 0 saturated carbocycles. The second kappa shape index (κ2) is 5.56. The number of Topliss-reactive ketones (excluding diaryl/α,β-unsaturated/α-hetero) is 1. The van der Waals surface area contributed by atoms with Crippen LogP contribution in [-0.4, -0.2) is 10.4 Å². The molecule has 1 aromatic heterocycles. The predicted molar refractivity (Wildman–Crippen MR) is 81.2 cm³/mol. The van der Waals surface area contributed by atoms with E-state index in [0.717, 1.165) is 16.6 Å². The fourth-order valence-corrected chi connectivity index (χ4v) is 3.11. The zero-order valence-corrected chi connectivity index (χ0v) is 12.8. The summed E-state index contributed by atoms with van der Waals surface area (Å²) in [4.78, 5) is 24.0. The van der Waals surface area contributed by atoms with Gasteiger partial charge in [-0.05, 0) is 37.1 Å². The van der Waals surface area contributed by atoms with Gasteiger partial charge < -0.3 is 4.57 Å². The predicted octanol–water partition coefficient (Wildman–Crippen LogP) is 3.32. The summed E-state index contributed by atoms with van der Waals surface area (Å²) in [6, 6.07) is 7.62. The molecule has 0 unspecified atom stereocenters. The van der Waals surface area contributed by atoms with Crippen LogP contribution in [-0.2, 0) is 13.0 Å². The standard InChI is InChI=1S/C16H13BrFNO2/c17-11-4-6-13(18)10(8-11)9-19-14-2-1-3-15(20)12(14)5-7-16(19)21/h4-8H,1-3,9H2. The highest BCUT2D eigenvalue weighted by molar-refractivity contribution is 9.10. The second-order valence-corrected chi connectivity index (χ2v) is 6.05. The molecular formula is C16H13BrFNO2. The number of fused-ring (bicyclic) bond motifs is 1. The average molecular weight is 350 g/mol. The Balaban J connectivity index is 2.10. The third-order valence-electron chi connectivity index (χ3n) is 3.75. The zero-order valence-electron chi connectivity index (χ0n) is 11.2. The van der Waals surface area contributed by atoms with Crippen LogP contribution in [0.5, 0.6) is 0 Å². The summed E-state index contributed by atoms with van der Waals surface area (Å²) in [5.74, 6) is -0.301. The van der Waals surface area contributed by atoms with Gasteiger partial charge in [0, 0.05) is 33.8 Å². The molecule has 0 bridgehead atoms. The van der Waals surface area contributed by atoms with Gasteiger partial charge in [-0.1, -0.05) is 15.9 Å². The van der Waals surface area contributed by atoms with Crippen molar-refractivity contribution in [2.24, 2.45) is 0 Å². The highest BCUT2D eigenvalue weighted by atomic mass is 79.9. The molecule has 108 valence electrons. The van der Waals surface area contributed by atoms with Crippen LogP contribution < -0.4 is 5.56 Å². The Kier molecular flexibility index (Phi) is 3.76. The lowest BCUT2D eigenvalue weighted by molar-refractivity contribution is 0.0970. The largest absolute Gasteiger partial charge is 0.307 e. The van der Waals surface area contributed by atoms with Crippen molar-refractivity contribution < 1.29 is 9.18 Å². The van der Waals surface area contributed by atoms with Gasteiger partial charge in [0.05, 0.1) is 6.54 Å². The Morgan fingerprint density at radius 2 is 1.95 bits per heavy atom. The van der Waals surface area contributed by atoms with Gasteiger partial charge in [0.25, 0.3) is 5.56 Å². The first-order valence-electron chi connectivity index (χ1n) is 6.76. The van der Waals surface area contributed by atoms with Crippen molar-refractivity contribution >= 4 is 21.7 Å². The molecule has 0 atom stereocenters. The molecule has 0 aliphatic heterocycles. The van der Waals surface area contributed by atoms with Crippen molar-refractivity contribution in [1.82, 2.24) is 4.57 Å². The maximum atomic E-state index is 13.9. The van der Waals surface area contributed by atoms with Gasteiger partial charge in [0.1, 0.15) is 5.82 Å². The van der Waals surface area contributed by atoms with E-state index >= 15 is 0 Å². The summed E-state index contributed by atoms with van der Waals surface area (Å²) in [7, 11) is 0. The smallest absolute Gasteiger partial charge is 0.251 e. The van der Waals surface area contributed by atoms with Crippen LogP contribution in [0, 0.1) is 5.82 Å². The monoisotopic (exact) mass is 349 g/mol. The number of carbonyl (C=O) groups excluding carboxylic acids is 1. The van der Waals surface area contributed by atoms with E-state index < -0.39 is 0 Å². The summed E-state index contributed by atoms with van der Waals surface area (Å²) in [6.07, 6.45) is 1.92. The molecule has 0 amide bonds. The van der Waals surface area contributed by atoms with Crippen molar-refractivity contribution in [2.75, 3.05) is 0 Å². The number of pyridine rings is 1. The number of aromatic nitrogens is 1. The molecule has 1 heterocycles.